The summed E-state index contributed by atoms with van der Waals surface area (Å²) in [4.78, 5) is 12.5. The van der Waals surface area contributed by atoms with Gasteiger partial charge < -0.3 is 9.73 Å². The Morgan fingerprint density at radius 1 is 1.19 bits per heavy atom. The minimum atomic E-state index is -0.389. The molecule has 0 unspecified atom stereocenters. The number of carbonyl (C=O) groups is 1. The van der Waals surface area contributed by atoms with E-state index < -0.39 is 0 Å². The summed E-state index contributed by atoms with van der Waals surface area (Å²) >= 11 is 1.23. The summed E-state index contributed by atoms with van der Waals surface area (Å²) in [5, 5.41) is 15.3. The van der Waals surface area contributed by atoms with Crippen molar-refractivity contribution in [3.8, 4) is 11.5 Å². The summed E-state index contributed by atoms with van der Waals surface area (Å²) in [6.07, 6.45) is 0. The minimum Gasteiger partial charge on any atom is -0.411 e. The minimum absolute atomic E-state index is 0.135. The van der Waals surface area contributed by atoms with E-state index >= 15 is 0 Å². The van der Waals surface area contributed by atoms with Crippen LogP contribution in [0, 0.1) is 20.8 Å². The summed E-state index contributed by atoms with van der Waals surface area (Å²) in [5.74, 6) is 0.309. The molecule has 2 aromatic heterocycles. The van der Waals surface area contributed by atoms with E-state index in [1.807, 2.05) is 52.1 Å². The Labute approximate surface area is 156 Å². The van der Waals surface area contributed by atoms with Gasteiger partial charge in [0, 0.05) is 12.6 Å². The predicted molar refractivity (Wildman–Crippen MR) is 101 cm³/mol. The van der Waals surface area contributed by atoms with Crippen molar-refractivity contribution in [2.24, 2.45) is 7.05 Å². The maximum absolute atomic E-state index is 12.5. The monoisotopic (exact) mass is 371 g/mol. The quantitative estimate of drug-likeness (QED) is 0.691. The lowest BCUT2D eigenvalue weighted by Gasteiger charge is -2.10. The van der Waals surface area contributed by atoms with Crippen LogP contribution in [0.25, 0.3) is 11.5 Å². The van der Waals surface area contributed by atoms with Gasteiger partial charge in [-0.15, -0.1) is 10.2 Å². The van der Waals surface area contributed by atoms with Crippen molar-refractivity contribution in [3.63, 3.8) is 0 Å². The molecule has 0 spiro atoms. The van der Waals surface area contributed by atoms with Crippen LogP contribution in [-0.2, 0) is 11.8 Å². The molecule has 0 aliphatic rings. The van der Waals surface area contributed by atoms with Crippen LogP contribution in [0.3, 0.4) is 0 Å². The molecule has 136 valence electrons. The number of aryl methyl sites for hydroxylation is 3. The van der Waals surface area contributed by atoms with Gasteiger partial charge in [0.2, 0.25) is 11.8 Å². The third-order valence-electron chi connectivity index (χ3n) is 4.11. The van der Waals surface area contributed by atoms with Gasteiger partial charge in [-0.3, -0.25) is 9.48 Å². The van der Waals surface area contributed by atoms with Crippen molar-refractivity contribution in [2.45, 2.75) is 38.2 Å². The molecule has 2 heterocycles. The summed E-state index contributed by atoms with van der Waals surface area (Å²) in [6.45, 7) is 7.60. The van der Waals surface area contributed by atoms with E-state index in [0.717, 1.165) is 28.2 Å². The average molecular weight is 371 g/mol. The smallest absolute Gasteiger partial charge is 0.277 e. The predicted octanol–water partition coefficient (Wildman–Crippen LogP) is 3.51. The first-order valence-corrected chi connectivity index (χ1v) is 9.11. The van der Waals surface area contributed by atoms with Gasteiger partial charge in [-0.25, -0.2) is 0 Å². The van der Waals surface area contributed by atoms with E-state index in [2.05, 4.69) is 20.6 Å². The number of nitrogens with zero attached hydrogens (tertiary/aromatic N) is 4. The molecule has 0 bridgehead atoms. The van der Waals surface area contributed by atoms with E-state index in [4.69, 9.17) is 4.42 Å². The number of hydrogen-bond acceptors (Lipinski definition) is 6. The molecule has 0 aliphatic heterocycles. The first-order chi connectivity index (χ1) is 12.3. The third-order valence-corrected chi connectivity index (χ3v) is 5.04. The van der Waals surface area contributed by atoms with E-state index in [1.165, 1.54) is 11.8 Å². The van der Waals surface area contributed by atoms with Gasteiger partial charge in [-0.05, 0) is 39.8 Å². The lowest BCUT2D eigenvalue weighted by atomic mass is 10.1. The van der Waals surface area contributed by atoms with Crippen LogP contribution in [-0.4, -0.2) is 31.1 Å². The molecule has 1 N–H and O–H groups in total. The Hall–Kier alpha value is -2.61. The number of nitrogens with one attached hydrogen (secondary N) is 1. The van der Waals surface area contributed by atoms with Gasteiger partial charge in [0.1, 0.15) is 0 Å². The Morgan fingerprint density at radius 3 is 2.50 bits per heavy atom. The second-order valence-electron chi connectivity index (χ2n) is 6.16. The van der Waals surface area contributed by atoms with Gasteiger partial charge in [-0.1, -0.05) is 29.5 Å². The fourth-order valence-electron chi connectivity index (χ4n) is 2.45. The van der Waals surface area contributed by atoms with Crippen LogP contribution in [0.5, 0.6) is 0 Å². The Morgan fingerprint density at radius 2 is 1.88 bits per heavy atom. The summed E-state index contributed by atoms with van der Waals surface area (Å²) in [7, 11) is 1.85. The summed E-state index contributed by atoms with van der Waals surface area (Å²) < 4.78 is 7.42. The van der Waals surface area contributed by atoms with Gasteiger partial charge in [0.05, 0.1) is 22.3 Å². The SMILES string of the molecule is Cc1ccc(-c2nnc(S[C@@H](C)C(=O)Nc3c(C)nn(C)c3C)o2)cc1. The highest BCUT2D eigenvalue weighted by molar-refractivity contribution is 8.00. The molecule has 8 heteroatoms. The molecular formula is C18H21N5O2S. The molecule has 0 radical (unpaired) electrons. The molecule has 3 aromatic rings. The van der Waals surface area contributed by atoms with Crippen molar-refractivity contribution in [2.75, 3.05) is 5.32 Å². The number of benzene rings is 1. The molecule has 26 heavy (non-hydrogen) atoms. The summed E-state index contributed by atoms with van der Waals surface area (Å²) in [6, 6.07) is 7.84. The molecule has 0 saturated heterocycles. The maximum Gasteiger partial charge on any atom is 0.277 e. The zero-order chi connectivity index (χ0) is 18.8. The van der Waals surface area contributed by atoms with Gasteiger partial charge in [-0.2, -0.15) is 5.10 Å². The van der Waals surface area contributed by atoms with E-state index in [9.17, 15) is 4.79 Å². The second-order valence-corrected chi connectivity index (χ2v) is 7.45. The van der Waals surface area contributed by atoms with Crippen LogP contribution in [0.15, 0.2) is 33.9 Å². The van der Waals surface area contributed by atoms with E-state index in [0.29, 0.717) is 11.1 Å². The molecule has 0 saturated carbocycles. The zero-order valence-electron chi connectivity index (χ0n) is 15.4. The second kappa shape index (κ2) is 7.33. The van der Waals surface area contributed by atoms with Gasteiger partial charge in [0.25, 0.3) is 5.22 Å². The topological polar surface area (TPSA) is 85.8 Å². The number of hydrogen-bond donors (Lipinski definition) is 1. The van der Waals surface area contributed by atoms with Crippen LogP contribution in [0.1, 0.15) is 23.9 Å². The third kappa shape index (κ3) is 3.80. The standard InChI is InChI=1S/C18H21N5O2S/c1-10-6-8-14(9-7-10)17-20-21-18(25-17)26-13(4)16(24)19-15-11(2)22-23(5)12(15)3/h6-9,13H,1-5H3,(H,19,24)/t13-/m0/s1. The molecule has 0 fully saturated rings. The number of carbonyl (C=O) groups excluding carboxylic acids is 1. The number of amides is 1. The van der Waals surface area contributed by atoms with Crippen molar-refractivity contribution in [3.05, 3.63) is 41.2 Å². The zero-order valence-corrected chi connectivity index (χ0v) is 16.2. The molecule has 3 rings (SSSR count). The van der Waals surface area contributed by atoms with E-state index in [1.54, 1.807) is 11.6 Å². The largest absolute Gasteiger partial charge is 0.411 e. The van der Waals surface area contributed by atoms with Crippen LogP contribution in [0.2, 0.25) is 0 Å². The number of thioether (sulfide) groups is 1. The fraction of sp³-hybridized carbons (Fsp3) is 0.333. The van der Waals surface area contributed by atoms with E-state index in [-0.39, 0.29) is 11.2 Å². The van der Waals surface area contributed by atoms with Crippen LogP contribution >= 0.6 is 11.8 Å². The maximum atomic E-state index is 12.5. The normalized spacial score (nSPS) is 12.2. The highest BCUT2D eigenvalue weighted by Crippen LogP contribution is 2.27. The molecule has 7 nitrogen and oxygen atoms in total. The molecule has 1 aromatic carbocycles. The van der Waals surface area contributed by atoms with Crippen molar-refractivity contribution >= 4 is 23.4 Å². The molecular weight excluding hydrogens is 350 g/mol. The molecule has 1 atom stereocenters. The Bertz CT molecular complexity index is 930. The van der Waals surface area contributed by atoms with Crippen molar-refractivity contribution in [1.29, 1.82) is 0 Å². The first kappa shape index (κ1) is 18.2. The van der Waals surface area contributed by atoms with Crippen LogP contribution < -0.4 is 5.32 Å². The Kier molecular flexibility index (Phi) is 5.13. The van der Waals surface area contributed by atoms with Gasteiger partial charge >= 0.3 is 0 Å². The van der Waals surface area contributed by atoms with Crippen molar-refractivity contribution in [1.82, 2.24) is 20.0 Å². The molecule has 0 aliphatic carbocycles. The van der Waals surface area contributed by atoms with Crippen molar-refractivity contribution < 1.29 is 9.21 Å². The number of rotatable bonds is 5. The Balaban J connectivity index is 1.67. The van der Waals surface area contributed by atoms with Crippen LogP contribution in [0.4, 0.5) is 5.69 Å². The first-order valence-electron chi connectivity index (χ1n) is 8.23. The average Bonchev–Trinajstić information content (AvgIpc) is 3.15. The number of aromatic nitrogens is 4. The lowest BCUT2D eigenvalue weighted by molar-refractivity contribution is -0.115. The number of anilines is 1. The highest BCUT2D eigenvalue weighted by atomic mass is 32.2. The molecule has 1 amide bonds. The fourth-order valence-corrected chi connectivity index (χ4v) is 3.14. The lowest BCUT2D eigenvalue weighted by Crippen LogP contribution is -2.23. The highest BCUT2D eigenvalue weighted by Gasteiger charge is 2.21. The van der Waals surface area contributed by atoms with Gasteiger partial charge in [0.15, 0.2) is 0 Å². The summed E-state index contributed by atoms with van der Waals surface area (Å²) in [5.41, 5.74) is 4.46.